The molecule has 7 nitrogen and oxygen atoms in total. The number of benzene rings is 1. The number of thiocarbonyl (C=S) groups is 1. The molecule has 9 heteroatoms. The van der Waals surface area contributed by atoms with Gasteiger partial charge in [-0.05, 0) is 44.1 Å². The second-order valence-corrected chi connectivity index (χ2v) is 9.93. The molecule has 3 N–H and O–H groups in total. The van der Waals surface area contributed by atoms with Crippen LogP contribution in [0.15, 0.2) is 12.1 Å². The van der Waals surface area contributed by atoms with Crippen molar-refractivity contribution in [2.75, 3.05) is 52.7 Å². The number of carbonyl (C=O) groups excluding carboxylic acids is 1. The molecule has 2 saturated heterocycles. The Kier molecular flexibility index (Phi) is 9.61. The summed E-state index contributed by atoms with van der Waals surface area (Å²) in [5.74, 6) is 0.853. The standard InChI is InChI=1S/C24H37ClN4O3S/c1-4-5-23(33)29-10-6-16(7-11-29)14-28-9-8-20(22(15-28)32-3)27-24(30)17-12-18(25)19(26)13-21(17)31-2/h12-13,16,20,22H,4-11,14-15,26H2,1-3H3,(H,27,30)/t20-,22+/m0/s1. The number of hydrogen-bond acceptors (Lipinski definition) is 6. The predicted octanol–water partition coefficient (Wildman–Crippen LogP) is 3.59. The van der Waals surface area contributed by atoms with Crippen LogP contribution >= 0.6 is 23.8 Å². The van der Waals surface area contributed by atoms with E-state index in [4.69, 9.17) is 39.0 Å². The number of nitrogens with zero attached hydrogens (tertiary/aromatic N) is 2. The molecule has 0 bridgehead atoms. The first-order valence-corrected chi connectivity index (χ1v) is 12.6. The largest absolute Gasteiger partial charge is 0.496 e. The molecule has 33 heavy (non-hydrogen) atoms. The van der Waals surface area contributed by atoms with Crippen LogP contribution in [0.3, 0.4) is 0 Å². The van der Waals surface area contributed by atoms with E-state index in [1.54, 1.807) is 19.2 Å². The maximum absolute atomic E-state index is 13.0. The fraction of sp³-hybridized carbons (Fsp3) is 0.667. The monoisotopic (exact) mass is 496 g/mol. The highest BCUT2D eigenvalue weighted by atomic mass is 35.5. The van der Waals surface area contributed by atoms with Crippen molar-refractivity contribution in [3.63, 3.8) is 0 Å². The lowest BCUT2D eigenvalue weighted by Crippen LogP contribution is -2.55. The smallest absolute Gasteiger partial charge is 0.255 e. The van der Waals surface area contributed by atoms with E-state index in [-0.39, 0.29) is 18.1 Å². The van der Waals surface area contributed by atoms with Gasteiger partial charge in [0.05, 0.1) is 40.5 Å². The van der Waals surface area contributed by atoms with Crippen molar-refractivity contribution < 1.29 is 14.3 Å². The summed E-state index contributed by atoms with van der Waals surface area (Å²) >= 11 is 11.7. The number of hydrogen-bond donors (Lipinski definition) is 2. The highest BCUT2D eigenvalue weighted by Crippen LogP contribution is 2.29. The van der Waals surface area contributed by atoms with E-state index >= 15 is 0 Å². The van der Waals surface area contributed by atoms with Gasteiger partial charge in [-0.3, -0.25) is 4.79 Å². The fourth-order valence-corrected chi connectivity index (χ4v) is 5.36. The number of carbonyl (C=O) groups is 1. The predicted molar refractivity (Wildman–Crippen MR) is 137 cm³/mol. The van der Waals surface area contributed by atoms with Crippen molar-refractivity contribution in [1.29, 1.82) is 0 Å². The first-order valence-electron chi connectivity index (χ1n) is 11.8. The number of piperidine rings is 2. The van der Waals surface area contributed by atoms with Crippen LogP contribution in [-0.4, -0.2) is 79.8 Å². The van der Waals surface area contributed by atoms with Crippen molar-refractivity contribution in [2.45, 2.75) is 51.2 Å². The quantitative estimate of drug-likeness (QED) is 0.420. The molecule has 2 fully saturated rings. The van der Waals surface area contributed by atoms with Gasteiger partial charge in [0, 0.05) is 45.9 Å². The van der Waals surface area contributed by atoms with Gasteiger partial charge in [-0.15, -0.1) is 0 Å². The van der Waals surface area contributed by atoms with Gasteiger partial charge in [0.2, 0.25) is 0 Å². The van der Waals surface area contributed by atoms with Crippen LogP contribution in [0, 0.1) is 5.92 Å². The normalized spacial score (nSPS) is 22.2. The number of nitrogens with one attached hydrogen (secondary N) is 1. The Labute approximate surface area is 207 Å². The number of ether oxygens (including phenoxy) is 2. The summed E-state index contributed by atoms with van der Waals surface area (Å²) in [5.41, 5.74) is 6.60. The zero-order valence-electron chi connectivity index (χ0n) is 19.9. The number of halogens is 1. The number of amides is 1. The van der Waals surface area contributed by atoms with Gasteiger partial charge >= 0.3 is 0 Å². The lowest BCUT2D eigenvalue weighted by atomic mass is 9.93. The van der Waals surface area contributed by atoms with Crippen LogP contribution in [0.1, 0.15) is 49.4 Å². The van der Waals surface area contributed by atoms with E-state index in [0.717, 1.165) is 57.0 Å². The van der Waals surface area contributed by atoms with Crippen LogP contribution < -0.4 is 15.8 Å². The van der Waals surface area contributed by atoms with Gasteiger partial charge < -0.3 is 30.3 Å². The molecule has 3 rings (SSSR count). The molecule has 1 amide bonds. The Balaban J connectivity index is 1.52. The number of methoxy groups -OCH3 is 2. The van der Waals surface area contributed by atoms with Crippen molar-refractivity contribution in [2.24, 2.45) is 5.92 Å². The summed E-state index contributed by atoms with van der Waals surface area (Å²) < 4.78 is 11.1. The maximum Gasteiger partial charge on any atom is 0.255 e. The zero-order chi connectivity index (χ0) is 24.0. The number of rotatable bonds is 8. The van der Waals surface area contributed by atoms with E-state index in [2.05, 4.69) is 22.0 Å². The molecule has 0 unspecified atom stereocenters. The Bertz CT molecular complexity index is 832. The minimum atomic E-state index is -0.232. The molecule has 2 aliphatic rings. The Morgan fingerprint density at radius 2 is 1.97 bits per heavy atom. The molecule has 0 aromatic heterocycles. The minimum Gasteiger partial charge on any atom is -0.496 e. The van der Waals surface area contributed by atoms with Crippen molar-refractivity contribution >= 4 is 40.4 Å². The molecule has 0 aliphatic carbocycles. The molecule has 184 valence electrons. The average Bonchev–Trinajstić information content (AvgIpc) is 2.82. The lowest BCUT2D eigenvalue weighted by Gasteiger charge is -2.41. The number of nitrogen functional groups attached to an aromatic ring is 1. The minimum absolute atomic E-state index is 0.0739. The average molecular weight is 497 g/mol. The third-order valence-corrected chi connectivity index (χ3v) is 7.56. The van der Waals surface area contributed by atoms with Crippen LogP contribution in [0.4, 0.5) is 5.69 Å². The molecule has 0 saturated carbocycles. The molecule has 0 spiro atoms. The summed E-state index contributed by atoms with van der Waals surface area (Å²) in [5, 5.41) is 3.45. The summed E-state index contributed by atoms with van der Waals surface area (Å²) in [6.45, 7) is 7.11. The molecular formula is C24H37ClN4O3S. The topological polar surface area (TPSA) is 80.1 Å². The van der Waals surface area contributed by atoms with Crippen LogP contribution in [0.5, 0.6) is 5.75 Å². The molecule has 2 atom stereocenters. The Morgan fingerprint density at radius 3 is 2.61 bits per heavy atom. The third-order valence-electron chi connectivity index (χ3n) is 6.77. The summed E-state index contributed by atoms with van der Waals surface area (Å²) in [7, 11) is 3.22. The first-order chi connectivity index (χ1) is 15.9. The van der Waals surface area contributed by atoms with E-state index in [9.17, 15) is 4.79 Å². The zero-order valence-corrected chi connectivity index (χ0v) is 21.5. The molecule has 1 aromatic carbocycles. The van der Waals surface area contributed by atoms with Crippen molar-refractivity contribution in [3.8, 4) is 5.75 Å². The Hall–Kier alpha value is -1.61. The maximum atomic E-state index is 13.0. The second-order valence-electron chi connectivity index (χ2n) is 9.05. The molecule has 2 aliphatic heterocycles. The van der Waals surface area contributed by atoms with E-state index < -0.39 is 0 Å². The lowest BCUT2D eigenvalue weighted by molar-refractivity contribution is -0.000285. The molecular weight excluding hydrogens is 460 g/mol. The number of anilines is 1. The highest BCUT2D eigenvalue weighted by molar-refractivity contribution is 7.80. The van der Waals surface area contributed by atoms with Crippen LogP contribution in [0.2, 0.25) is 5.02 Å². The highest BCUT2D eigenvalue weighted by Gasteiger charge is 2.33. The number of likely N-dealkylation sites (tertiary alicyclic amines) is 2. The Morgan fingerprint density at radius 1 is 1.24 bits per heavy atom. The third kappa shape index (κ3) is 6.72. The summed E-state index contributed by atoms with van der Waals surface area (Å²) in [4.78, 5) is 18.9. The number of nitrogens with two attached hydrogens (primary N) is 1. The van der Waals surface area contributed by atoms with Crippen LogP contribution in [-0.2, 0) is 4.74 Å². The SMILES string of the molecule is CCCC(=S)N1CCC(CN2CC[C@H](NC(=O)c3cc(Cl)c(N)cc3OC)[C@H](OC)C2)CC1. The van der Waals surface area contributed by atoms with E-state index in [0.29, 0.717) is 27.9 Å². The van der Waals surface area contributed by atoms with E-state index in [1.807, 2.05) is 0 Å². The molecule has 1 aromatic rings. The molecule has 2 heterocycles. The van der Waals surface area contributed by atoms with Gasteiger partial charge in [-0.1, -0.05) is 30.7 Å². The van der Waals surface area contributed by atoms with E-state index in [1.165, 1.54) is 20.0 Å². The van der Waals surface area contributed by atoms with Gasteiger partial charge in [-0.25, -0.2) is 0 Å². The molecule has 0 radical (unpaired) electrons. The van der Waals surface area contributed by atoms with Gasteiger partial charge in [0.25, 0.3) is 5.91 Å². The van der Waals surface area contributed by atoms with Crippen molar-refractivity contribution in [1.82, 2.24) is 15.1 Å². The first kappa shape index (κ1) is 26.0. The van der Waals surface area contributed by atoms with Gasteiger partial charge in [-0.2, -0.15) is 0 Å². The second kappa shape index (κ2) is 12.2. The van der Waals surface area contributed by atoms with Crippen LogP contribution in [0.25, 0.3) is 0 Å². The fourth-order valence-electron chi connectivity index (χ4n) is 4.81. The summed E-state index contributed by atoms with van der Waals surface area (Å²) in [6, 6.07) is 3.06. The van der Waals surface area contributed by atoms with Gasteiger partial charge in [0.1, 0.15) is 5.75 Å². The summed E-state index contributed by atoms with van der Waals surface area (Å²) in [6.07, 6.45) is 5.24. The van der Waals surface area contributed by atoms with Crippen molar-refractivity contribution in [3.05, 3.63) is 22.7 Å². The van der Waals surface area contributed by atoms with Gasteiger partial charge in [0.15, 0.2) is 0 Å².